The third-order valence-electron chi connectivity index (χ3n) is 2.28. The van der Waals surface area contributed by atoms with Crippen LogP contribution < -0.4 is 0 Å². The number of rotatable bonds is 2. The van der Waals surface area contributed by atoms with Gasteiger partial charge in [-0.05, 0) is 26.2 Å². The molecular weight excluding hydrogens is 168 g/mol. The number of nitrogens with one attached hydrogen (secondary N) is 1. The molecule has 0 radical (unpaired) electrons. The summed E-state index contributed by atoms with van der Waals surface area (Å²) in [7, 11) is 0. The molecule has 1 aromatic rings. The Morgan fingerprint density at radius 3 is 3.23 bits per heavy atom. The second kappa shape index (κ2) is 3.20. The van der Waals surface area contributed by atoms with E-state index in [9.17, 15) is 4.79 Å². The van der Waals surface area contributed by atoms with Crippen molar-refractivity contribution in [3.63, 3.8) is 0 Å². The van der Waals surface area contributed by atoms with Gasteiger partial charge in [-0.2, -0.15) is 5.10 Å². The van der Waals surface area contributed by atoms with Gasteiger partial charge in [0.2, 0.25) is 0 Å². The summed E-state index contributed by atoms with van der Waals surface area (Å²) < 4.78 is 4.89. The second-order valence-corrected chi connectivity index (χ2v) is 3.10. The molecule has 1 heterocycles. The molecule has 0 saturated carbocycles. The zero-order chi connectivity index (χ0) is 9.26. The largest absolute Gasteiger partial charge is 0.461 e. The van der Waals surface area contributed by atoms with Crippen molar-refractivity contribution in [3.05, 3.63) is 17.0 Å². The molecule has 1 aliphatic carbocycles. The number of hydrogen-bond acceptors (Lipinski definition) is 3. The smallest absolute Gasteiger partial charge is 0.359 e. The maximum Gasteiger partial charge on any atom is 0.359 e. The predicted molar refractivity (Wildman–Crippen MR) is 46.6 cm³/mol. The summed E-state index contributed by atoms with van der Waals surface area (Å²) in [5, 5.41) is 6.83. The van der Waals surface area contributed by atoms with Crippen LogP contribution >= 0.6 is 0 Å². The molecule has 0 amide bonds. The summed E-state index contributed by atoms with van der Waals surface area (Å²) in [6.07, 6.45) is 3.05. The van der Waals surface area contributed by atoms with E-state index < -0.39 is 0 Å². The molecule has 0 aromatic carbocycles. The number of H-pyrrole nitrogens is 1. The number of hydrogen-bond donors (Lipinski definition) is 1. The first-order valence-electron chi connectivity index (χ1n) is 4.56. The van der Waals surface area contributed by atoms with Gasteiger partial charge in [-0.1, -0.05) is 0 Å². The number of aromatic amines is 1. The Hall–Kier alpha value is -1.32. The third-order valence-corrected chi connectivity index (χ3v) is 2.28. The molecule has 70 valence electrons. The fourth-order valence-electron chi connectivity index (χ4n) is 1.69. The lowest BCUT2D eigenvalue weighted by Gasteiger charge is -1.98. The minimum absolute atomic E-state index is 0.304. The van der Waals surface area contributed by atoms with Crippen molar-refractivity contribution in [1.82, 2.24) is 10.2 Å². The van der Waals surface area contributed by atoms with Crippen LogP contribution in [-0.2, 0) is 17.6 Å². The SMILES string of the molecule is CCOC(=O)c1n[nH]c2c1CCC2. The molecule has 0 spiro atoms. The van der Waals surface area contributed by atoms with Gasteiger partial charge in [0.25, 0.3) is 0 Å². The van der Waals surface area contributed by atoms with Crippen molar-refractivity contribution < 1.29 is 9.53 Å². The highest BCUT2D eigenvalue weighted by Crippen LogP contribution is 2.22. The molecule has 1 aliphatic rings. The minimum atomic E-state index is -0.304. The van der Waals surface area contributed by atoms with Gasteiger partial charge in [-0.3, -0.25) is 5.10 Å². The number of aromatic nitrogens is 2. The van der Waals surface area contributed by atoms with E-state index in [0.29, 0.717) is 12.3 Å². The number of ether oxygens (including phenoxy) is 1. The van der Waals surface area contributed by atoms with Gasteiger partial charge in [0.05, 0.1) is 6.61 Å². The molecule has 1 N–H and O–H groups in total. The Morgan fingerprint density at radius 1 is 1.62 bits per heavy atom. The molecule has 4 heteroatoms. The Morgan fingerprint density at radius 2 is 2.46 bits per heavy atom. The quantitative estimate of drug-likeness (QED) is 0.693. The molecule has 0 saturated heterocycles. The van der Waals surface area contributed by atoms with Crippen LogP contribution in [0.1, 0.15) is 35.1 Å². The van der Waals surface area contributed by atoms with Crippen LogP contribution in [0.2, 0.25) is 0 Å². The van der Waals surface area contributed by atoms with E-state index in [4.69, 9.17) is 4.74 Å². The summed E-state index contributed by atoms with van der Waals surface area (Å²) in [4.78, 5) is 11.4. The standard InChI is InChI=1S/C9H12N2O2/c1-2-13-9(12)8-6-4-3-5-7(6)10-11-8/h2-5H2,1H3,(H,10,11). The van der Waals surface area contributed by atoms with Gasteiger partial charge < -0.3 is 4.74 Å². The minimum Gasteiger partial charge on any atom is -0.461 e. The van der Waals surface area contributed by atoms with E-state index >= 15 is 0 Å². The van der Waals surface area contributed by atoms with Gasteiger partial charge in [0.1, 0.15) is 0 Å². The van der Waals surface area contributed by atoms with E-state index in [2.05, 4.69) is 10.2 Å². The first-order chi connectivity index (χ1) is 6.33. The highest BCUT2D eigenvalue weighted by Gasteiger charge is 2.23. The van der Waals surface area contributed by atoms with Crippen LogP contribution in [-0.4, -0.2) is 22.8 Å². The van der Waals surface area contributed by atoms with E-state index in [1.54, 1.807) is 6.92 Å². The molecule has 0 aliphatic heterocycles. The summed E-state index contributed by atoms with van der Waals surface area (Å²) in [5.74, 6) is -0.304. The molecular formula is C9H12N2O2. The Kier molecular flexibility index (Phi) is 2.04. The van der Waals surface area contributed by atoms with Gasteiger partial charge in [-0.15, -0.1) is 0 Å². The van der Waals surface area contributed by atoms with Crippen molar-refractivity contribution in [2.24, 2.45) is 0 Å². The Balaban J connectivity index is 2.26. The molecule has 13 heavy (non-hydrogen) atoms. The number of aryl methyl sites for hydroxylation is 1. The number of carbonyl (C=O) groups is 1. The fraction of sp³-hybridized carbons (Fsp3) is 0.556. The van der Waals surface area contributed by atoms with Gasteiger partial charge in [0, 0.05) is 11.3 Å². The van der Waals surface area contributed by atoms with Gasteiger partial charge in [0.15, 0.2) is 5.69 Å². The monoisotopic (exact) mass is 180 g/mol. The molecule has 0 fully saturated rings. The number of esters is 1. The predicted octanol–water partition coefficient (Wildman–Crippen LogP) is 1.08. The topological polar surface area (TPSA) is 55.0 Å². The van der Waals surface area contributed by atoms with E-state index in [-0.39, 0.29) is 5.97 Å². The van der Waals surface area contributed by atoms with Gasteiger partial charge in [-0.25, -0.2) is 4.79 Å². The van der Waals surface area contributed by atoms with Crippen LogP contribution in [0, 0.1) is 0 Å². The van der Waals surface area contributed by atoms with E-state index in [0.717, 1.165) is 30.5 Å². The molecule has 4 nitrogen and oxygen atoms in total. The van der Waals surface area contributed by atoms with E-state index in [1.165, 1.54) is 0 Å². The Bertz CT molecular complexity index is 330. The lowest BCUT2D eigenvalue weighted by Crippen LogP contribution is -2.07. The number of carbonyl (C=O) groups excluding carboxylic acids is 1. The molecule has 0 bridgehead atoms. The molecule has 0 atom stereocenters. The normalized spacial score (nSPS) is 14.2. The molecule has 2 rings (SSSR count). The average molecular weight is 180 g/mol. The lowest BCUT2D eigenvalue weighted by molar-refractivity contribution is 0.0518. The number of fused-ring (bicyclic) bond motifs is 1. The zero-order valence-corrected chi connectivity index (χ0v) is 7.59. The van der Waals surface area contributed by atoms with Crippen molar-refractivity contribution in [2.45, 2.75) is 26.2 Å². The van der Waals surface area contributed by atoms with Crippen LogP contribution in [0.3, 0.4) is 0 Å². The lowest BCUT2D eigenvalue weighted by atomic mass is 10.2. The van der Waals surface area contributed by atoms with Crippen molar-refractivity contribution in [3.8, 4) is 0 Å². The van der Waals surface area contributed by atoms with Crippen molar-refractivity contribution in [2.75, 3.05) is 6.61 Å². The average Bonchev–Trinajstić information content (AvgIpc) is 2.62. The molecule has 0 unspecified atom stereocenters. The first-order valence-corrected chi connectivity index (χ1v) is 4.56. The van der Waals surface area contributed by atoms with Crippen LogP contribution in [0.5, 0.6) is 0 Å². The number of nitrogens with zero attached hydrogens (tertiary/aromatic N) is 1. The maximum absolute atomic E-state index is 11.4. The summed E-state index contributed by atoms with van der Waals surface area (Å²) in [6, 6.07) is 0. The highest BCUT2D eigenvalue weighted by molar-refractivity contribution is 5.89. The third kappa shape index (κ3) is 1.32. The van der Waals surface area contributed by atoms with Crippen LogP contribution in [0.15, 0.2) is 0 Å². The van der Waals surface area contributed by atoms with E-state index in [1.807, 2.05) is 0 Å². The molecule has 1 aromatic heterocycles. The summed E-state index contributed by atoms with van der Waals surface area (Å²) in [5.41, 5.74) is 2.64. The first kappa shape index (κ1) is 8.29. The highest BCUT2D eigenvalue weighted by atomic mass is 16.5. The van der Waals surface area contributed by atoms with Crippen molar-refractivity contribution in [1.29, 1.82) is 0 Å². The fourth-order valence-corrected chi connectivity index (χ4v) is 1.69. The summed E-state index contributed by atoms with van der Waals surface area (Å²) in [6.45, 7) is 2.20. The Labute approximate surface area is 76.3 Å². The van der Waals surface area contributed by atoms with Crippen molar-refractivity contribution >= 4 is 5.97 Å². The van der Waals surface area contributed by atoms with Gasteiger partial charge >= 0.3 is 5.97 Å². The van der Waals surface area contributed by atoms with Crippen LogP contribution in [0.4, 0.5) is 0 Å². The van der Waals surface area contributed by atoms with Crippen LogP contribution in [0.25, 0.3) is 0 Å². The zero-order valence-electron chi connectivity index (χ0n) is 7.59. The maximum atomic E-state index is 11.4. The summed E-state index contributed by atoms with van der Waals surface area (Å²) >= 11 is 0. The second-order valence-electron chi connectivity index (χ2n) is 3.10.